The molecule has 5 nitrogen and oxygen atoms in total. The Balaban J connectivity index is 1.39. The largest absolute Gasteiger partial charge is 0.507 e. The van der Waals surface area contributed by atoms with Crippen LogP contribution in [-0.4, -0.2) is 23.2 Å². The van der Waals surface area contributed by atoms with Gasteiger partial charge in [-0.15, -0.1) is 0 Å². The van der Waals surface area contributed by atoms with E-state index in [1.54, 1.807) is 36.3 Å². The lowest BCUT2D eigenvalue weighted by Crippen LogP contribution is -2.28. The molecule has 0 aliphatic carbocycles. The zero-order valence-electron chi connectivity index (χ0n) is 21.8. The average molecular weight is 526 g/mol. The summed E-state index contributed by atoms with van der Waals surface area (Å²) in [6.45, 7) is 0. The van der Waals surface area contributed by atoms with Crippen molar-refractivity contribution in [2.45, 2.75) is 37.8 Å². The van der Waals surface area contributed by atoms with Crippen molar-refractivity contribution in [1.82, 2.24) is 0 Å². The average Bonchev–Trinajstić information content (AvgIpc) is 3.29. The van der Waals surface area contributed by atoms with E-state index in [4.69, 9.17) is 4.74 Å². The van der Waals surface area contributed by atoms with Crippen LogP contribution in [-0.2, 0) is 4.79 Å². The van der Waals surface area contributed by atoms with Crippen molar-refractivity contribution in [2.75, 3.05) is 12.0 Å². The summed E-state index contributed by atoms with van der Waals surface area (Å²) in [5.41, 5.74) is 4.26. The zero-order valence-corrected chi connectivity index (χ0v) is 21.8. The van der Waals surface area contributed by atoms with Crippen LogP contribution in [0.25, 0.3) is 11.1 Å². The molecule has 39 heavy (non-hydrogen) atoms. The van der Waals surface area contributed by atoms with Crippen molar-refractivity contribution in [1.29, 1.82) is 0 Å². The van der Waals surface area contributed by atoms with E-state index < -0.39 is 6.10 Å². The number of hydrogen-bond acceptors (Lipinski definition) is 4. The Hall–Kier alpha value is -4.16. The molecule has 0 spiro atoms. The zero-order chi connectivity index (χ0) is 27.4. The number of nitrogens with zero attached hydrogens (tertiary/aromatic N) is 1. The Labute approximate surface area is 228 Å². The molecule has 200 valence electrons. The molecule has 0 saturated carbocycles. The van der Waals surface area contributed by atoms with Crippen LogP contribution in [0.15, 0.2) is 97.1 Å². The number of rotatable bonds is 9. The second kappa shape index (κ2) is 11.7. The van der Waals surface area contributed by atoms with Gasteiger partial charge in [0, 0.05) is 23.7 Å². The minimum atomic E-state index is -0.711. The number of carbonyl (C=O) groups is 1. The normalized spacial score (nSPS) is 17.8. The second-order valence-corrected chi connectivity index (χ2v) is 10.0. The number of halogens is 1. The Morgan fingerprint density at radius 2 is 1.64 bits per heavy atom. The van der Waals surface area contributed by atoms with Gasteiger partial charge in [-0.1, -0.05) is 61.0 Å². The fourth-order valence-corrected chi connectivity index (χ4v) is 5.53. The highest BCUT2D eigenvalue weighted by molar-refractivity contribution is 5.97. The summed E-state index contributed by atoms with van der Waals surface area (Å²) >= 11 is 0. The number of methoxy groups -OCH3 is 1. The van der Waals surface area contributed by atoms with Gasteiger partial charge in [0.1, 0.15) is 17.3 Å². The first-order valence-corrected chi connectivity index (χ1v) is 13.2. The van der Waals surface area contributed by atoms with Gasteiger partial charge in [-0.05, 0) is 71.8 Å². The molecule has 5 rings (SSSR count). The number of aromatic hydroxyl groups is 1. The van der Waals surface area contributed by atoms with Crippen LogP contribution in [0.4, 0.5) is 10.1 Å². The number of carbonyl (C=O) groups excluding carboxylic acids is 1. The monoisotopic (exact) mass is 525 g/mol. The molecule has 1 saturated heterocycles. The number of hydrogen-bond donors (Lipinski definition) is 2. The molecule has 0 aromatic heterocycles. The number of aliphatic hydroxyl groups is 1. The van der Waals surface area contributed by atoms with E-state index in [1.165, 1.54) is 12.1 Å². The molecule has 0 unspecified atom stereocenters. The van der Waals surface area contributed by atoms with Crippen molar-refractivity contribution in [3.63, 3.8) is 0 Å². The third-order valence-corrected chi connectivity index (χ3v) is 7.55. The maximum absolute atomic E-state index is 13.4. The molecule has 0 bridgehead atoms. The first kappa shape index (κ1) is 26.4. The van der Waals surface area contributed by atoms with Crippen LogP contribution in [0.3, 0.4) is 0 Å². The van der Waals surface area contributed by atoms with Crippen LogP contribution in [0.1, 0.15) is 49.0 Å². The third-order valence-electron chi connectivity index (χ3n) is 7.55. The Morgan fingerprint density at radius 1 is 0.949 bits per heavy atom. The molecule has 1 aliphatic rings. The molecule has 0 radical (unpaired) electrons. The SMILES string of the molecule is COc1ccc([C@@H]2[C@@H](CCC[C@H](O)c3ccc(F)cc3)CC(=O)N2c2ccc(-c3ccccc3)cc2)c(O)c1. The van der Waals surface area contributed by atoms with E-state index in [-0.39, 0.29) is 29.4 Å². The van der Waals surface area contributed by atoms with Gasteiger partial charge in [-0.3, -0.25) is 4.79 Å². The van der Waals surface area contributed by atoms with E-state index in [9.17, 15) is 19.4 Å². The molecule has 4 aromatic carbocycles. The summed E-state index contributed by atoms with van der Waals surface area (Å²) in [6.07, 6.45) is 1.47. The molecule has 1 amide bonds. The summed E-state index contributed by atoms with van der Waals surface area (Å²) in [7, 11) is 1.55. The highest BCUT2D eigenvalue weighted by atomic mass is 19.1. The minimum absolute atomic E-state index is 0.00763. The quantitative estimate of drug-likeness (QED) is 0.242. The lowest BCUT2D eigenvalue weighted by Gasteiger charge is -2.30. The van der Waals surface area contributed by atoms with Gasteiger partial charge in [0.2, 0.25) is 5.91 Å². The summed E-state index contributed by atoms with van der Waals surface area (Å²) < 4.78 is 18.5. The molecule has 1 aliphatic heterocycles. The topological polar surface area (TPSA) is 70.0 Å². The van der Waals surface area contributed by atoms with Gasteiger partial charge >= 0.3 is 0 Å². The fourth-order valence-electron chi connectivity index (χ4n) is 5.53. The Kier molecular flexibility index (Phi) is 7.94. The van der Waals surface area contributed by atoms with E-state index >= 15 is 0 Å². The predicted molar refractivity (Wildman–Crippen MR) is 150 cm³/mol. The van der Waals surface area contributed by atoms with Crippen molar-refractivity contribution in [3.05, 3.63) is 114 Å². The summed E-state index contributed by atoms with van der Waals surface area (Å²) in [5, 5.41) is 21.6. The number of ether oxygens (including phenoxy) is 1. The van der Waals surface area contributed by atoms with Gasteiger partial charge in [-0.2, -0.15) is 0 Å². The van der Waals surface area contributed by atoms with Crippen molar-refractivity contribution < 1.29 is 24.1 Å². The molecule has 4 aromatic rings. The van der Waals surface area contributed by atoms with Crippen molar-refractivity contribution >= 4 is 11.6 Å². The smallest absolute Gasteiger partial charge is 0.227 e. The van der Waals surface area contributed by atoms with Gasteiger partial charge in [-0.25, -0.2) is 4.39 Å². The van der Waals surface area contributed by atoms with Gasteiger partial charge in [0.05, 0.1) is 19.3 Å². The van der Waals surface area contributed by atoms with Gasteiger partial charge in [0.25, 0.3) is 0 Å². The van der Waals surface area contributed by atoms with Gasteiger partial charge in [0.15, 0.2) is 0 Å². The number of phenols is 1. The summed E-state index contributed by atoms with van der Waals surface area (Å²) in [4.78, 5) is 15.2. The van der Waals surface area contributed by atoms with E-state index in [1.807, 2.05) is 60.7 Å². The van der Waals surface area contributed by atoms with Crippen molar-refractivity contribution in [3.8, 4) is 22.6 Å². The van der Waals surface area contributed by atoms with Crippen LogP contribution >= 0.6 is 0 Å². The lowest BCUT2D eigenvalue weighted by atomic mass is 9.87. The van der Waals surface area contributed by atoms with Crippen molar-refractivity contribution in [2.24, 2.45) is 5.92 Å². The maximum Gasteiger partial charge on any atom is 0.227 e. The highest BCUT2D eigenvalue weighted by Crippen LogP contribution is 2.47. The Morgan fingerprint density at radius 3 is 2.31 bits per heavy atom. The van der Waals surface area contributed by atoms with Crippen LogP contribution in [0.5, 0.6) is 11.5 Å². The molecular weight excluding hydrogens is 493 g/mol. The number of anilines is 1. The highest BCUT2D eigenvalue weighted by Gasteiger charge is 2.42. The fraction of sp³-hybridized carbons (Fsp3) is 0.242. The number of aliphatic hydroxyl groups excluding tert-OH is 1. The van der Waals surface area contributed by atoms with Gasteiger partial charge < -0.3 is 19.8 Å². The summed E-state index contributed by atoms with van der Waals surface area (Å²) in [5.74, 6) is 0.210. The standard InChI is InChI=1S/C33H32FNO4/c1-39-28-18-19-29(31(37)21-28)33-25(8-5-9-30(36)24-10-14-26(34)15-11-24)20-32(38)35(33)27-16-12-23(13-17-27)22-6-3-2-4-7-22/h2-4,6-7,10-19,21,25,30,33,36-37H,5,8-9,20H2,1H3/t25-,30-,33-/m0/s1. The minimum Gasteiger partial charge on any atom is -0.507 e. The number of benzene rings is 4. The molecule has 3 atom stereocenters. The van der Waals surface area contributed by atoms with E-state index in [0.717, 1.165) is 16.8 Å². The molecule has 1 fully saturated rings. The first-order chi connectivity index (χ1) is 18.9. The van der Waals surface area contributed by atoms with E-state index in [0.29, 0.717) is 42.6 Å². The molecule has 1 heterocycles. The molecule has 6 heteroatoms. The maximum atomic E-state index is 13.4. The molecule has 2 N–H and O–H groups in total. The molecular formula is C33H32FNO4. The lowest BCUT2D eigenvalue weighted by molar-refractivity contribution is -0.117. The second-order valence-electron chi connectivity index (χ2n) is 10.0. The third kappa shape index (κ3) is 5.81. The van der Waals surface area contributed by atoms with Crippen LogP contribution in [0, 0.1) is 11.7 Å². The Bertz CT molecular complexity index is 1410. The number of amides is 1. The van der Waals surface area contributed by atoms with E-state index in [2.05, 4.69) is 0 Å². The summed E-state index contributed by atoms with van der Waals surface area (Å²) in [6, 6.07) is 28.7. The van der Waals surface area contributed by atoms with Crippen LogP contribution < -0.4 is 9.64 Å². The van der Waals surface area contributed by atoms with Crippen LogP contribution in [0.2, 0.25) is 0 Å². The first-order valence-electron chi connectivity index (χ1n) is 13.2. The number of phenolic OH excluding ortho intramolecular Hbond substituents is 1. The predicted octanol–water partition coefficient (Wildman–Crippen LogP) is 7.21.